The molecule has 1 N–H and O–H groups in total. The van der Waals surface area contributed by atoms with Crippen LogP contribution < -0.4 is 5.32 Å². The third kappa shape index (κ3) is 5.74. The van der Waals surface area contributed by atoms with Crippen LogP contribution in [0.25, 0.3) is 0 Å². The minimum Gasteiger partial charge on any atom is -0.356 e. The van der Waals surface area contributed by atoms with Crippen LogP contribution in [-0.4, -0.2) is 91.8 Å². The molecule has 2 aliphatic rings. The van der Waals surface area contributed by atoms with Gasteiger partial charge in [0.1, 0.15) is 6.04 Å². The van der Waals surface area contributed by atoms with Gasteiger partial charge in [-0.2, -0.15) is 13.2 Å². The Morgan fingerprint density at radius 3 is 2.27 bits per heavy atom. The van der Waals surface area contributed by atoms with Crippen LogP contribution >= 0.6 is 0 Å². The first-order valence-corrected chi connectivity index (χ1v) is 9.72. The second-order valence-corrected chi connectivity index (χ2v) is 7.77. The van der Waals surface area contributed by atoms with Crippen LogP contribution in [0.3, 0.4) is 0 Å². The van der Waals surface area contributed by atoms with Gasteiger partial charge in [0.2, 0.25) is 0 Å². The van der Waals surface area contributed by atoms with E-state index in [-0.39, 0.29) is 0 Å². The van der Waals surface area contributed by atoms with Crippen molar-refractivity contribution < 1.29 is 13.2 Å². The number of rotatable bonds is 4. The fourth-order valence-electron chi connectivity index (χ4n) is 3.83. The van der Waals surface area contributed by atoms with E-state index in [1.807, 2.05) is 0 Å². The van der Waals surface area contributed by atoms with E-state index in [2.05, 4.69) is 34.0 Å². The zero-order chi connectivity index (χ0) is 19.3. The fourth-order valence-corrected chi connectivity index (χ4v) is 3.83. The van der Waals surface area contributed by atoms with Gasteiger partial charge in [-0.05, 0) is 46.1 Å². The van der Waals surface area contributed by atoms with Crippen molar-refractivity contribution in [2.45, 2.75) is 51.9 Å². The molecule has 5 nitrogen and oxygen atoms in total. The van der Waals surface area contributed by atoms with Gasteiger partial charge in [0, 0.05) is 52.4 Å². The van der Waals surface area contributed by atoms with Crippen molar-refractivity contribution in [1.29, 1.82) is 0 Å². The van der Waals surface area contributed by atoms with E-state index >= 15 is 0 Å². The summed E-state index contributed by atoms with van der Waals surface area (Å²) in [5.41, 5.74) is 0. The van der Waals surface area contributed by atoms with Crippen molar-refractivity contribution in [2.75, 3.05) is 52.9 Å². The molecule has 0 aromatic heterocycles. The molecule has 2 aliphatic heterocycles. The predicted molar refractivity (Wildman–Crippen MR) is 99.5 cm³/mol. The van der Waals surface area contributed by atoms with Gasteiger partial charge >= 0.3 is 6.18 Å². The monoisotopic (exact) mass is 377 g/mol. The molecule has 0 amide bonds. The minimum absolute atomic E-state index is 0.409. The maximum absolute atomic E-state index is 12.9. The molecule has 0 aromatic carbocycles. The van der Waals surface area contributed by atoms with E-state index in [0.717, 1.165) is 19.0 Å². The van der Waals surface area contributed by atoms with Crippen LogP contribution in [0.2, 0.25) is 0 Å². The van der Waals surface area contributed by atoms with Crippen LogP contribution in [0.4, 0.5) is 13.2 Å². The van der Waals surface area contributed by atoms with E-state index in [1.54, 1.807) is 7.05 Å². The molecule has 0 aromatic rings. The Morgan fingerprint density at radius 1 is 1.08 bits per heavy atom. The van der Waals surface area contributed by atoms with Crippen LogP contribution in [0.1, 0.15) is 33.6 Å². The number of halogens is 3. The Labute approximate surface area is 155 Å². The first kappa shape index (κ1) is 21.3. The summed E-state index contributed by atoms with van der Waals surface area (Å²) in [5.74, 6) is 1.40. The van der Waals surface area contributed by atoms with E-state index in [9.17, 15) is 13.2 Å². The molecule has 2 saturated heterocycles. The molecule has 2 heterocycles. The van der Waals surface area contributed by atoms with Crippen molar-refractivity contribution in [3.05, 3.63) is 0 Å². The summed E-state index contributed by atoms with van der Waals surface area (Å²) in [7, 11) is 1.74. The first-order chi connectivity index (χ1) is 12.2. The lowest BCUT2D eigenvalue weighted by molar-refractivity contribution is -0.181. The Morgan fingerprint density at radius 2 is 1.73 bits per heavy atom. The molecule has 0 bridgehead atoms. The van der Waals surface area contributed by atoms with Crippen molar-refractivity contribution >= 4 is 5.96 Å². The SMILES string of the molecule is CN=C(NCC1CCCN(C(C)C)C1)N1CCN(C(C)C(F)(F)F)CC1. The lowest BCUT2D eigenvalue weighted by Crippen LogP contribution is -2.57. The number of nitrogens with zero attached hydrogens (tertiary/aromatic N) is 4. The molecular weight excluding hydrogens is 343 g/mol. The molecule has 2 fully saturated rings. The zero-order valence-corrected chi connectivity index (χ0v) is 16.5. The highest BCUT2D eigenvalue weighted by Crippen LogP contribution is 2.25. The van der Waals surface area contributed by atoms with Gasteiger partial charge in [0.25, 0.3) is 0 Å². The number of piperazine rings is 1. The molecule has 0 aliphatic carbocycles. The Kier molecular flexibility index (Phi) is 7.58. The summed E-state index contributed by atoms with van der Waals surface area (Å²) in [5, 5.41) is 3.45. The number of nitrogens with one attached hydrogen (secondary N) is 1. The second kappa shape index (κ2) is 9.26. The fraction of sp³-hybridized carbons (Fsp3) is 0.944. The van der Waals surface area contributed by atoms with Gasteiger partial charge < -0.3 is 15.1 Å². The summed E-state index contributed by atoms with van der Waals surface area (Å²) in [6, 6.07) is -0.815. The van der Waals surface area contributed by atoms with Crippen LogP contribution in [0.15, 0.2) is 4.99 Å². The van der Waals surface area contributed by atoms with Crippen LogP contribution in [-0.2, 0) is 0 Å². The largest absolute Gasteiger partial charge is 0.403 e. The number of hydrogen-bond donors (Lipinski definition) is 1. The summed E-state index contributed by atoms with van der Waals surface area (Å²) >= 11 is 0. The van der Waals surface area contributed by atoms with E-state index in [4.69, 9.17) is 0 Å². The highest BCUT2D eigenvalue weighted by molar-refractivity contribution is 5.80. The van der Waals surface area contributed by atoms with E-state index in [0.29, 0.717) is 38.1 Å². The number of alkyl halides is 3. The van der Waals surface area contributed by atoms with Gasteiger partial charge in [-0.3, -0.25) is 9.89 Å². The van der Waals surface area contributed by atoms with E-state index < -0.39 is 12.2 Å². The zero-order valence-electron chi connectivity index (χ0n) is 16.5. The highest BCUT2D eigenvalue weighted by Gasteiger charge is 2.41. The maximum atomic E-state index is 12.9. The van der Waals surface area contributed by atoms with Crippen LogP contribution in [0.5, 0.6) is 0 Å². The normalized spacial score (nSPS) is 25.6. The predicted octanol–water partition coefficient (Wildman–Crippen LogP) is 2.25. The molecule has 2 rings (SSSR count). The standard InChI is InChI=1S/C18H34F3N5/c1-14(2)26-7-5-6-16(13-26)12-23-17(22-4)25-10-8-24(9-11-25)15(3)18(19,20)21/h14-16H,5-13H2,1-4H3,(H,22,23). The Balaban J connectivity index is 1.79. The first-order valence-electron chi connectivity index (χ1n) is 9.72. The van der Waals surface area contributed by atoms with Crippen molar-refractivity contribution in [2.24, 2.45) is 10.9 Å². The molecular formula is C18H34F3N5. The summed E-state index contributed by atoms with van der Waals surface area (Å²) in [6.45, 7) is 10.8. The number of hydrogen-bond acceptors (Lipinski definition) is 3. The Hall–Kier alpha value is -1.02. The molecule has 152 valence electrons. The lowest BCUT2D eigenvalue weighted by atomic mass is 9.97. The smallest absolute Gasteiger partial charge is 0.356 e. The molecule has 0 radical (unpaired) electrons. The van der Waals surface area contributed by atoms with Gasteiger partial charge in [-0.1, -0.05) is 0 Å². The molecule has 8 heteroatoms. The highest BCUT2D eigenvalue weighted by atomic mass is 19.4. The molecule has 2 unspecified atom stereocenters. The third-order valence-electron chi connectivity index (χ3n) is 5.68. The van der Waals surface area contributed by atoms with Crippen LogP contribution in [0, 0.1) is 5.92 Å². The number of aliphatic imine (C=N–C) groups is 1. The third-order valence-corrected chi connectivity index (χ3v) is 5.68. The lowest BCUT2D eigenvalue weighted by Gasteiger charge is -2.40. The van der Waals surface area contributed by atoms with Gasteiger partial charge in [-0.25, -0.2) is 0 Å². The topological polar surface area (TPSA) is 34.1 Å². The quantitative estimate of drug-likeness (QED) is 0.602. The Bertz CT molecular complexity index is 458. The average Bonchev–Trinajstić information content (AvgIpc) is 2.61. The summed E-state index contributed by atoms with van der Waals surface area (Å²) < 4.78 is 38.6. The average molecular weight is 377 g/mol. The van der Waals surface area contributed by atoms with Gasteiger partial charge in [0.05, 0.1) is 0 Å². The second-order valence-electron chi connectivity index (χ2n) is 7.77. The maximum Gasteiger partial charge on any atom is 0.403 e. The summed E-state index contributed by atoms with van der Waals surface area (Å²) in [6.07, 6.45) is -1.73. The minimum atomic E-state index is -4.16. The van der Waals surface area contributed by atoms with E-state index in [1.165, 1.54) is 31.2 Å². The van der Waals surface area contributed by atoms with Gasteiger partial charge in [-0.15, -0.1) is 0 Å². The molecule has 2 atom stereocenters. The number of likely N-dealkylation sites (tertiary alicyclic amines) is 1. The number of piperidine rings is 1. The van der Waals surface area contributed by atoms with Crippen molar-refractivity contribution in [3.8, 4) is 0 Å². The van der Waals surface area contributed by atoms with Crippen molar-refractivity contribution in [3.63, 3.8) is 0 Å². The van der Waals surface area contributed by atoms with Crippen molar-refractivity contribution in [1.82, 2.24) is 20.0 Å². The summed E-state index contributed by atoms with van der Waals surface area (Å²) in [4.78, 5) is 10.4. The molecule has 0 spiro atoms. The number of guanidine groups is 1. The molecule has 26 heavy (non-hydrogen) atoms. The molecule has 0 saturated carbocycles. The van der Waals surface area contributed by atoms with Gasteiger partial charge in [0.15, 0.2) is 5.96 Å².